The predicted molar refractivity (Wildman–Crippen MR) is 110 cm³/mol. The van der Waals surface area contributed by atoms with Crippen LogP contribution in [-0.4, -0.2) is 35.2 Å². The molecule has 0 saturated heterocycles. The van der Waals surface area contributed by atoms with Crippen LogP contribution in [0.25, 0.3) is 0 Å². The van der Waals surface area contributed by atoms with Gasteiger partial charge in [-0.25, -0.2) is 0 Å². The maximum Gasteiger partial charge on any atom is 0.311 e. The molecule has 5 heteroatoms. The van der Waals surface area contributed by atoms with E-state index < -0.39 is 16.4 Å². The van der Waals surface area contributed by atoms with E-state index >= 15 is 0 Å². The van der Waals surface area contributed by atoms with Crippen LogP contribution >= 0.6 is 0 Å². The maximum atomic E-state index is 12.0. The number of ether oxygens (including phenoxy) is 1. The monoisotopic (exact) mass is 374 g/mol. The summed E-state index contributed by atoms with van der Waals surface area (Å²) in [4.78, 5) is 12.0. The first kappa shape index (κ1) is 23.9. The Morgan fingerprint density at radius 2 is 1.58 bits per heavy atom. The Balaban J connectivity index is 4.07. The van der Waals surface area contributed by atoms with E-state index in [1.807, 2.05) is 20.8 Å². The van der Waals surface area contributed by atoms with Crippen molar-refractivity contribution < 1.29 is 14.0 Å². The first-order valence-corrected chi connectivity index (χ1v) is 16.3. The van der Waals surface area contributed by atoms with E-state index in [0.717, 1.165) is 25.1 Å². The summed E-state index contributed by atoms with van der Waals surface area (Å²) in [5.74, 6) is -0.0646. The Labute approximate surface area is 153 Å². The zero-order valence-corrected chi connectivity index (χ0v) is 19.6. The van der Waals surface area contributed by atoms with Crippen molar-refractivity contribution in [2.45, 2.75) is 98.1 Å². The summed E-state index contributed by atoms with van der Waals surface area (Å²) in [5, 5.41) is 0. The number of rotatable bonds is 13. The van der Waals surface area contributed by atoms with Crippen LogP contribution in [0.1, 0.15) is 59.8 Å². The van der Waals surface area contributed by atoms with Crippen LogP contribution in [-0.2, 0) is 14.0 Å². The Bertz CT molecular complexity index is 366. The van der Waals surface area contributed by atoms with Gasteiger partial charge in [0, 0.05) is 6.23 Å². The molecule has 0 atom stereocenters. The Morgan fingerprint density at radius 3 is 2.12 bits per heavy atom. The number of carbonyl (C=O) groups is 1. The van der Waals surface area contributed by atoms with Gasteiger partial charge in [0.1, 0.15) is 0 Å². The molecule has 0 radical (unpaired) electrons. The highest BCUT2D eigenvalue weighted by molar-refractivity contribution is 6.79. The van der Waals surface area contributed by atoms with E-state index in [-0.39, 0.29) is 11.4 Å². The molecule has 0 fully saturated rings. The molecule has 0 aromatic carbocycles. The van der Waals surface area contributed by atoms with Gasteiger partial charge < -0.3 is 9.16 Å². The summed E-state index contributed by atoms with van der Waals surface area (Å²) < 4.78 is 11.8. The molecule has 0 aliphatic rings. The fourth-order valence-corrected chi connectivity index (χ4v) is 8.01. The number of hydrogen-bond donors (Lipinski definition) is 0. The normalized spacial score (nSPS) is 13.2. The molecule has 0 heterocycles. The minimum atomic E-state index is -1.50. The number of esters is 1. The molecular formula is C19H42O3Si2. The van der Waals surface area contributed by atoms with Crippen LogP contribution in [0.15, 0.2) is 0 Å². The second-order valence-electron chi connectivity index (χ2n) is 9.15. The summed E-state index contributed by atoms with van der Waals surface area (Å²) in [7, 11) is -2.86. The second-order valence-corrected chi connectivity index (χ2v) is 18.6. The van der Waals surface area contributed by atoms with Gasteiger partial charge in [-0.1, -0.05) is 52.2 Å². The van der Waals surface area contributed by atoms with E-state index in [9.17, 15) is 4.79 Å². The molecule has 0 rings (SSSR count). The third-order valence-corrected chi connectivity index (χ3v) is 10.3. The number of hydrogen-bond acceptors (Lipinski definition) is 3. The Kier molecular flexibility index (Phi) is 10.7. The van der Waals surface area contributed by atoms with Crippen LogP contribution in [0, 0.1) is 5.41 Å². The molecule has 0 aliphatic carbocycles. The zero-order valence-electron chi connectivity index (χ0n) is 17.6. The lowest BCUT2D eigenvalue weighted by Gasteiger charge is -2.30. The Morgan fingerprint density at radius 1 is 0.958 bits per heavy atom. The molecule has 0 spiro atoms. The average Bonchev–Trinajstić information content (AvgIpc) is 2.50. The van der Waals surface area contributed by atoms with Gasteiger partial charge in [-0.15, -0.1) is 0 Å². The molecule has 144 valence electrons. The smallest absolute Gasteiger partial charge is 0.311 e. The van der Waals surface area contributed by atoms with Crippen molar-refractivity contribution in [3.8, 4) is 0 Å². The van der Waals surface area contributed by atoms with E-state index in [2.05, 4.69) is 33.1 Å². The zero-order chi connectivity index (χ0) is 18.9. The van der Waals surface area contributed by atoms with Gasteiger partial charge in [0.25, 0.3) is 0 Å². The van der Waals surface area contributed by atoms with Crippen molar-refractivity contribution in [1.82, 2.24) is 0 Å². The topological polar surface area (TPSA) is 35.5 Å². The quantitative estimate of drug-likeness (QED) is 0.225. The minimum Gasteiger partial charge on any atom is -0.465 e. The van der Waals surface area contributed by atoms with Crippen LogP contribution in [0.4, 0.5) is 0 Å². The molecule has 0 N–H and O–H groups in total. The van der Waals surface area contributed by atoms with Crippen molar-refractivity contribution >= 4 is 22.4 Å². The third kappa shape index (κ3) is 10.7. The average molecular weight is 375 g/mol. The van der Waals surface area contributed by atoms with E-state index in [4.69, 9.17) is 9.16 Å². The first-order chi connectivity index (χ1) is 11.0. The van der Waals surface area contributed by atoms with Crippen molar-refractivity contribution in [2.24, 2.45) is 5.41 Å². The first-order valence-electron chi connectivity index (χ1n) is 9.77. The summed E-state index contributed by atoms with van der Waals surface area (Å²) >= 11 is 0. The van der Waals surface area contributed by atoms with Crippen LogP contribution in [0.5, 0.6) is 0 Å². The van der Waals surface area contributed by atoms with Crippen molar-refractivity contribution in [3.05, 3.63) is 0 Å². The van der Waals surface area contributed by atoms with Crippen LogP contribution < -0.4 is 0 Å². The third-order valence-electron chi connectivity index (χ3n) is 4.90. The number of carbonyl (C=O) groups excluding carboxylic acids is 1. The molecule has 0 aliphatic heterocycles. The fraction of sp³-hybridized carbons (Fsp3) is 0.947. The maximum absolute atomic E-state index is 12.0. The number of unbranched alkanes of at least 4 members (excludes halogenated alkanes) is 2. The standard InChI is InChI=1S/C19H42O3Si2/c1-9-11-12-16-24(7,8)22-17-23(5,6)15-13-14-21-18(20)19(3,4)10-2/h9-17H2,1-8H3. The summed E-state index contributed by atoms with van der Waals surface area (Å²) in [5.41, 5.74) is -0.357. The van der Waals surface area contributed by atoms with E-state index in [1.165, 1.54) is 25.3 Å². The van der Waals surface area contributed by atoms with E-state index in [1.54, 1.807) is 0 Å². The highest BCUT2D eigenvalue weighted by atomic mass is 28.4. The highest BCUT2D eigenvalue weighted by Gasteiger charge is 2.29. The van der Waals surface area contributed by atoms with Gasteiger partial charge in [-0.2, -0.15) is 0 Å². The molecule has 0 saturated carbocycles. The van der Waals surface area contributed by atoms with Crippen molar-refractivity contribution in [1.29, 1.82) is 0 Å². The molecular weight excluding hydrogens is 332 g/mol. The van der Waals surface area contributed by atoms with Gasteiger partial charge in [0.2, 0.25) is 0 Å². The summed E-state index contributed by atoms with van der Waals surface area (Å²) in [6.45, 7) is 18.2. The molecule has 0 aromatic rings. The molecule has 0 unspecified atom stereocenters. The van der Waals surface area contributed by atoms with E-state index in [0.29, 0.717) is 6.61 Å². The predicted octanol–water partition coefficient (Wildman–Crippen LogP) is 6.02. The Hall–Kier alpha value is -0.136. The van der Waals surface area contributed by atoms with Gasteiger partial charge in [0.15, 0.2) is 8.32 Å². The SMILES string of the molecule is CCCCC[Si](C)(C)OC[Si](C)(C)CCCOC(=O)C(C)(C)CC. The van der Waals surface area contributed by atoms with Crippen LogP contribution in [0.3, 0.4) is 0 Å². The largest absolute Gasteiger partial charge is 0.465 e. The van der Waals surface area contributed by atoms with Gasteiger partial charge in [0.05, 0.1) is 20.1 Å². The molecule has 0 amide bonds. The molecule has 0 bridgehead atoms. The van der Waals surface area contributed by atoms with Gasteiger partial charge >= 0.3 is 5.97 Å². The summed E-state index contributed by atoms with van der Waals surface area (Å²) in [6, 6.07) is 2.43. The highest BCUT2D eigenvalue weighted by Crippen LogP contribution is 2.23. The van der Waals surface area contributed by atoms with Crippen molar-refractivity contribution in [2.75, 3.05) is 12.8 Å². The van der Waals surface area contributed by atoms with Crippen molar-refractivity contribution in [3.63, 3.8) is 0 Å². The summed E-state index contributed by atoms with van der Waals surface area (Å²) in [6.07, 6.45) is 6.63. The van der Waals surface area contributed by atoms with Gasteiger partial charge in [-0.05, 0) is 45.8 Å². The fourth-order valence-electron chi connectivity index (χ4n) is 2.39. The molecule has 0 aromatic heterocycles. The minimum absolute atomic E-state index is 0.0646. The lowest BCUT2D eigenvalue weighted by Crippen LogP contribution is -2.41. The molecule has 3 nitrogen and oxygen atoms in total. The lowest BCUT2D eigenvalue weighted by atomic mass is 9.91. The lowest BCUT2D eigenvalue weighted by molar-refractivity contribution is -0.154. The van der Waals surface area contributed by atoms with Gasteiger partial charge in [-0.3, -0.25) is 4.79 Å². The second kappa shape index (κ2) is 10.8. The van der Waals surface area contributed by atoms with Crippen LogP contribution in [0.2, 0.25) is 38.3 Å². The molecule has 24 heavy (non-hydrogen) atoms.